The Morgan fingerprint density at radius 2 is 1.67 bits per heavy atom. The highest BCUT2D eigenvalue weighted by Gasteiger charge is 2.17. The van der Waals surface area contributed by atoms with Gasteiger partial charge in [-0.05, 0) is 42.5 Å². The highest BCUT2D eigenvalue weighted by molar-refractivity contribution is 6.04. The van der Waals surface area contributed by atoms with E-state index in [9.17, 15) is 4.79 Å². The SMILES string of the molecule is O=C(Nc1cncc(-c2cc3c(-c4nc5c(-c6ccccn6)nccc5[nH]4)n[nH]c3cn2)c1)c1ccccc1. The second kappa shape index (κ2) is 9.27. The molecule has 3 N–H and O–H groups in total. The predicted molar refractivity (Wildman–Crippen MR) is 148 cm³/mol. The van der Waals surface area contributed by atoms with Crippen LogP contribution in [0.3, 0.4) is 0 Å². The highest BCUT2D eigenvalue weighted by Crippen LogP contribution is 2.31. The third-order valence-electron chi connectivity index (χ3n) is 6.31. The van der Waals surface area contributed by atoms with Crippen molar-refractivity contribution < 1.29 is 4.79 Å². The largest absolute Gasteiger partial charge is 0.336 e. The molecule has 0 unspecified atom stereocenters. The number of benzene rings is 1. The molecule has 0 aliphatic heterocycles. The number of aromatic amines is 2. The number of carbonyl (C=O) groups excluding carboxylic acids is 1. The van der Waals surface area contributed by atoms with Gasteiger partial charge >= 0.3 is 0 Å². The van der Waals surface area contributed by atoms with Gasteiger partial charge in [-0.3, -0.25) is 29.8 Å². The molecule has 0 spiro atoms. The second-order valence-corrected chi connectivity index (χ2v) is 8.83. The number of nitrogens with one attached hydrogen (secondary N) is 3. The lowest BCUT2D eigenvalue weighted by atomic mass is 10.1. The fraction of sp³-hybridized carbons (Fsp3) is 0. The monoisotopic (exact) mass is 509 g/mol. The van der Waals surface area contributed by atoms with E-state index in [4.69, 9.17) is 4.98 Å². The van der Waals surface area contributed by atoms with Gasteiger partial charge in [-0.25, -0.2) is 4.98 Å². The van der Waals surface area contributed by atoms with Gasteiger partial charge in [0.1, 0.15) is 16.9 Å². The van der Waals surface area contributed by atoms with E-state index in [1.165, 1.54) is 0 Å². The smallest absolute Gasteiger partial charge is 0.255 e. The number of pyridine rings is 4. The number of hydrogen-bond donors (Lipinski definition) is 3. The van der Waals surface area contributed by atoms with Crippen LogP contribution in [0.5, 0.6) is 0 Å². The first-order valence-electron chi connectivity index (χ1n) is 12.2. The molecule has 0 bridgehead atoms. The predicted octanol–water partition coefficient (Wildman–Crippen LogP) is 5.27. The summed E-state index contributed by atoms with van der Waals surface area (Å²) in [5.41, 5.74) is 6.96. The van der Waals surface area contributed by atoms with Crippen LogP contribution in [0.1, 0.15) is 10.4 Å². The molecular formula is C29H19N9O. The molecule has 1 amide bonds. The van der Waals surface area contributed by atoms with Gasteiger partial charge in [0.2, 0.25) is 0 Å². The fourth-order valence-corrected chi connectivity index (χ4v) is 4.43. The summed E-state index contributed by atoms with van der Waals surface area (Å²) in [5, 5.41) is 11.3. The summed E-state index contributed by atoms with van der Waals surface area (Å²) >= 11 is 0. The number of imidazole rings is 1. The van der Waals surface area contributed by atoms with Crippen molar-refractivity contribution in [3.05, 3.63) is 103 Å². The van der Waals surface area contributed by atoms with Gasteiger partial charge in [-0.15, -0.1) is 0 Å². The van der Waals surface area contributed by atoms with Gasteiger partial charge in [-0.2, -0.15) is 5.10 Å². The van der Waals surface area contributed by atoms with Gasteiger partial charge in [0.25, 0.3) is 5.91 Å². The first kappa shape index (κ1) is 22.4. The minimum atomic E-state index is -0.209. The number of aromatic nitrogens is 8. The van der Waals surface area contributed by atoms with Crippen LogP contribution in [0.25, 0.3) is 56.1 Å². The average Bonchev–Trinajstić information content (AvgIpc) is 3.62. The highest BCUT2D eigenvalue weighted by atomic mass is 16.1. The molecule has 10 heteroatoms. The summed E-state index contributed by atoms with van der Waals surface area (Å²) in [4.78, 5) is 38.7. The molecular weight excluding hydrogens is 490 g/mol. The number of amides is 1. The van der Waals surface area contributed by atoms with Gasteiger partial charge in [0, 0.05) is 35.1 Å². The maximum atomic E-state index is 12.6. The Morgan fingerprint density at radius 3 is 2.54 bits per heavy atom. The van der Waals surface area contributed by atoms with Gasteiger partial charge in [0.05, 0.1) is 40.5 Å². The molecule has 0 aliphatic rings. The van der Waals surface area contributed by atoms with Crippen LogP contribution in [0, 0.1) is 0 Å². The van der Waals surface area contributed by atoms with E-state index in [1.807, 2.05) is 54.6 Å². The van der Waals surface area contributed by atoms with Crippen LogP contribution in [0.4, 0.5) is 5.69 Å². The van der Waals surface area contributed by atoms with E-state index in [0.717, 1.165) is 27.7 Å². The maximum Gasteiger partial charge on any atom is 0.255 e. The van der Waals surface area contributed by atoms with Gasteiger partial charge < -0.3 is 10.3 Å². The molecule has 6 aromatic heterocycles. The topological polar surface area (TPSA) is 138 Å². The van der Waals surface area contributed by atoms with Crippen molar-refractivity contribution in [1.82, 2.24) is 40.1 Å². The molecule has 0 atom stereocenters. The third kappa shape index (κ3) is 4.15. The van der Waals surface area contributed by atoms with Crippen LogP contribution in [-0.4, -0.2) is 46.0 Å². The summed E-state index contributed by atoms with van der Waals surface area (Å²) in [6, 6.07) is 20.4. The van der Waals surface area contributed by atoms with Crippen molar-refractivity contribution in [3.63, 3.8) is 0 Å². The zero-order chi connectivity index (χ0) is 26.2. The van der Waals surface area contributed by atoms with Crippen LogP contribution in [0.15, 0.2) is 97.7 Å². The molecule has 0 aliphatic carbocycles. The standard InChI is InChI=1S/C29H19N9O/c39-29(17-6-2-1-3-7-17)34-19-12-18(14-30-15-19)23-13-20-24(16-33-23)37-38-25(20)28-35-22-9-11-32-26(27(22)36-28)21-8-4-5-10-31-21/h1-16H,(H,34,39)(H,35,36)(H,37,38). The Balaban J connectivity index is 1.25. The van der Waals surface area contributed by atoms with Crippen molar-refractivity contribution in [2.45, 2.75) is 0 Å². The fourth-order valence-electron chi connectivity index (χ4n) is 4.43. The summed E-state index contributed by atoms with van der Waals surface area (Å²) in [6.07, 6.45) is 8.50. The molecule has 6 heterocycles. The molecule has 0 radical (unpaired) electrons. The number of fused-ring (bicyclic) bond motifs is 2. The molecule has 10 nitrogen and oxygen atoms in total. The minimum absolute atomic E-state index is 0.209. The number of anilines is 1. The zero-order valence-corrected chi connectivity index (χ0v) is 20.3. The number of nitrogens with zero attached hydrogens (tertiary/aromatic N) is 6. The summed E-state index contributed by atoms with van der Waals surface area (Å²) in [7, 11) is 0. The van der Waals surface area contributed by atoms with Crippen molar-refractivity contribution in [1.29, 1.82) is 0 Å². The Bertz CT molecular complexity index is 1960. The van der Waals surface area contributed by atoms with Crippen molar-refractivity contribution in [2.75, 3.05) is 5.32 Å². The Labute approximate surface area is 221 Å². The molecule has 7 rings (SSSR count). The van der Waals surface area contributed by atoms with Crippen LogP contribution < -0.4 is 5.32 Å². The number of carbonyl (C=O) groups is 1. The third-order valence-corrected chi connectivity index (χ3v) is 6.31. The molecule has 1 aromatic carbocycles. The lowest BCUT2D eigenvalue weighted by molar-refractivity contribution is 0.102. The molecule has 39 heavy (non-hydrogen) atoms. The molecule has 0 saturated carbocycles. The Kier molecular flexibility index (Phi) is 5.33. The lowest BCUT2D eigenvalue weighted by Gasteiger charge is -2.07. The molecule has 186 valence electrons. The van der Waals surface area contributed by atoms with E-state index in [1.54, 1.807) is 43.1 Å². The van der Waals surface area contributed by atoms with E-state index in [-0.39, 0.29) is 5.91 Å². The Morgan fingerprint density at radius 1 is 0.769 bits per heavy atom. The first-order valence-corrected chi connectivity index (χ1v) is 12.2. The van der Waals surface area contributed by atoms with Crippen molar-refractivity contribution >= 4 is 33.5 Å². The molecule has 0 saturated heterocycles. The Hall–Kier alpha value is -5.77. The van der Waals surface area contributed by atoms with Crippen LogP contribution in [-0.2, 0) is 0 Å². The normalized spacial score (nSPS) is 11.2. The summed E-state index contributed by atoms with van der Waals surface area (Å²) in [6.45, 7) is 0. The summed E-state index contributed by atoms with van der Waals surface area (Å²) in [5.74, 6) is 0.389. The van der Waals surface area contributed by atoms with E-state index >= 15 is 0 Å². The van der Waals surface area contributed by atoms with E-state index < -0.39 is 0 Å². The second-order valence-electron chi connectivity index (χ2n) is 8.83. The van der Waals surface area contributed by atoms with Crippen LogP contribution >= 0.6 is 0 Å². The first-order chi connectivity index (χ1) is 19.2. The lowest BCUT2D eigenvalue weighted by Crippen LogP contribution is -2.11. The number of rotatable bonds is 5. The number of hydrogen-bond acceptors (Lipinski definition) is 7. The quantitative estimate of drug-likeness (QED) is 0.287. The van der Waals surface area contributed by atoms with E-state index in [0.29, 0.717) is 39.7 Å². The van der Waals surface area contributed by atoms with Crippen molar-refractivity contribution in [2.24, 2.45) is 0 Å². The molecule has 0 fully saturated rings. The maximum absolute atomic E-state index is 12.6. The average molecular weight is 510 g/mol. The van der Waals surface area contributed by atoms with Crippen LogP contribution in [0.2, 0.25) is 0 Å². The summed E-state index contributed by atoms with van der Waals surface area (Å²) < 4.78 is 0. The van der Waals surface area contributed by atoms with E-state index in [2.05, 4.69) is 40.4 Å². The van der Waals surface area contributed by atoms with Gasteiger partial charge in [0.15, 0.2) is 5.82 Å². The van der Waals surface area contributed by atoms with Gasteiger partial charge in [-0.1, -0.05) is 24.3 Å². The molecule has 7 aromatic rings. The number of H-pyrrole nitrogens is 2. The van der Waals surface area contributed by atoms with Crippen molar-refractivity contribution in [3.8, 4) is 34.2 Å². The zero-order valence-electron chi connectivity index (χ0n) is 20.3. The minimum Gasteiger partial charge on any atom is -0.336 e.